The predicted octanol–water partition coefficient (Wildman–Crippen LogP) is 3.24. The van der Waals surface area contributed by atoms with Gasteiger partial charge >= 0.3 is 0 Å². The van der Waals surface area contributed by atoms with Gasteiger partial charge in [-0.1, -0.05) is 43.5 Å². The van der Waals surface area contributed by atoms with Gasteiger partial charge in [0.05, 0.1) is 10.0 Å². The molecule has 2 aliphatic rings. The van der Waals surface area contributed by atoms with Crippen molar-refractivity contribution in [2.24, 2.45) is 10.4 Å². The number of hydrogen-bond donors (Lipinski definition) is 1. The first-order valence-electron chi connectivity index (χ1n) is 8.30. The molecule has 2 heterocycles. The normalized spacial score (nSPS) is 23.3. The van der Waals surface area contributed by atoms with E-state index in [1.807, 2.05) is 24.8 Å². The van der Waals surface area contributed by atoms with Gasteiger partial charge in [0.15, 0.2) is 0 Å². The van der Waals surface area contributed by atoms with Crippen LogP contribution in [0.4, 0.5) is 5.69 Å². The molecule has 6 nitrogen and oxygen atoms in total. The van der Waals surface area contributed by atoms with E-state index in [0.29, 0.717) is 42.2 Å². The zero-order valence-electron chi connectivity index (χ0n) is 14.2. The Morgan fingerprint density at radius 3 is 2.64 bits per heavy atom. The summed E-state index contributed by atoms with van der Waals surface area (Å²) in [5, 5.41) is 3.73. The second-order valence-electron chi connectivity index (χ2n) is 6.28. The monoisotopic (exact) mass is 382 g/mol. The van der Waals surface area contributed by atoms with Crippen LogP contribution >= 0.6 is 23.2 Å². The summed E-state index contributed by atoms with van der Waals surface area (Å²) in [4.78, 5) is 33.5. The standard InChI is InChI=1S/C17H20Cl2N4O2/c1-3-7-17(4-2)14(24)21-16-20-9-22(10-23(16)15(17)25)11-5-6-12(18)13(19)8-11/h5-6,8H,3-4,7,9-10H2,1-2H3,(H,20,21,24). The minimum absolute atomic E-state index is 0.191. The van der Waals surface area contributed by atoms with Crippen LogP contribution in [0.1, 0.15) is 33.1 Å². The number of fused-ring (bicyclic) bond motifs is 1. The maximum atomic E-state index is 13.1. The lowest BCUT2D eigenvalue weighted by Crippen LogP contribution is -2.67. The van der Waals surface area contributed by atoms with Crippen LogP contribution in [0.2, 0.25) is 10.0 Å². The van der Waals surface area contributed by atoms with Gasteiger partial charge in [-0.2, -0.15) is 0 Å². The number of amides is 2. The first-order chi connectivity index (χ1) is 11.9. The Balaban J connectivity index is 1.91. The van der Waals surface area contributed by atoms with Gasteiger partial charge in [-0.05, 0) is 31.0 Å². The number of rotatable bonds is 4. The molecular formula is C17H20Cl2N4O2. The van der Waals surface area contributed by atoms with Crippen molar-refractivity contribution in [3.05, 3.63) is 28.2 Å². The van der Waals surface area contributed by atoms with E-state index in [1.54, 1.807) is 17.0 Å². The van der Waals surface area contributed by atoms with Gasteiger partial charge in [0.1, 0.15) is 18.8 Å². The molecular weight excluding hydrogens is 363 g/mol. The fourth-order valence-corrected chi connectivity index (χ4v) is 3.64. The molecule has 3 rings (SSSR count). The molecule has 1 aromatic rings. The number of carbonyl (C=O) groups is 2. The number of benzene rings is 1. The van der Waals surface area contributed by atoms with Crippen LogP contribution < -0.4 is 10.2 Å². The summed E-state index contributed by atoms with van der Waals surface area (Å²) >= 11 is 12.1. The van der Waals surface area contributed by atoms with Gasteiger partial charge in [0.2, 0.25) is 17.8 Å². The van der Waals surface area contributed by atoms with Crippen molar-refractivity contribution in [3.8, 4) is 0 Å². The zero-order valence-corrected chi connectivity index (χ0v) is 15.7. The summed E-state index contributed by atoms with van der Waals surface area (Å²) in [6, 6.07) is 5.29. The Morgan fingerprint density at radius 2 is 2.00 bits per heavy atom. The predicted molar refractivity (Wildman–Crippen MR) is 98.7 cm³/mol. The summed E-state index contributed by atoms with van der Waals surface area (Å²) in [6.07, 6.45) is 1.73. The number of nitrogens with zero attached hydrogens (tertiary/aromatic N) is 3. The highest BCUT2D eigenvalue weighted by Gasteiger charge is 2.52. The van der Waals surface area contributed by atoms with E-state index >= 15 is 0 Å². The molecule has 0 aromatic heterocycles. The SMILES string of the molecule is CCCC1(CC)C(=O)NC2=NCN(c3ccc(Cl)c(Cl)c3)CN2C1=O. The topological polar surface area (TPSA) is 65.0 Å². The first kappa shape index (κ1) is 18.0. The summed E-state index contributed by atoms with van der Waals surface area (Å²) in [6.45, 7) is 4.47. The van der Waals surface area contributed by atoms with Crippen LogP contribution in [0.15, 0.2) is 23.2 Å². The number of nitrogens with one attached hydrogen (secondary N) is 1. The van der Waals surface area contributed by atoms with Crippen LogP contribution in [0.25, 0.3) is 0 Å². The Labute approximate surface area is 156 Å². The number of guanidine groups is 1. The van der Waals surface area contributed by atoms with Crippen molar-refractivity contribution < 1.29 is 9.59 Å². The van der Waals surface area contributed by atoms with Crippen LogP contribution in [-0.2, 0) is 9.59 Å². The summed E-state index contributed by atoms with van der Waals surface area (Å²) in [5.41, 5.74) is -0.200. The van der Waals surface area contributed by atoms with Crippen molar-refractivity contribution in [1.29, 1.82) is 0 Å². The van der Waals surface area contributed by atoms with E-state index < -0.39 is 5.41 Å². The minimum Gasteiger partial charge on any atom is -0.334 e. The smallest absolute Gasteiger partial charge is 0.246 e. The minimum atomic E-state index is -1.02. The molecule has 0 saturated carbocycles. The van der Waals surface area contributed by atoms with Crippen LogP contribution in [0, 0.1) is 5.41 Å². The number of hydrogen-bond acceptors (Lipinski definition) is 4. The lowest BCUT2D eigenvalue weighted by molar-refractivity contribution is -0.151. The molecule has 0 aliphatic carbocycles. The van der Waals surface area contributed by atoms with Crippen LogP contribution in [-0.4, -0.2) is 36.0 Å². The highest BCUT2D eigenvalue weighted by Crippen LogP contribution is 2.35. The summed E-state index contributed by atoms with van der Waals surface area (Å²) in [7, 11) is 0. The number of halogens is 2. The molecule has 25 heavy (non-hydrogen) atoms. The first-order valence-corrected chi connectivity index (χ1v) is 9.06. The molecule has 2 aliphatic heterocycles. The average molecular weight is 383 g/mol. The third kappa shape index (κ3) is 2.98. The third-order valence-electron chi connectivity index (χ3n) is 4.82. The Hall–Kier alpha value is -1.79. The van der Waals surface area contributed by atoms with E-state index in [4.69, 9.17) is 23.2 Å². The molecule has 0 radical (unpaired) electrons. The Morgan fingerprint density at radius 1 is 1.24 bits per heavy atom. The van der Waals surface area contributed by atoms with Crippen molar-refractivity contribution in [2.75, 3.05) is 18.2 Å². The molecule has 0 bridgehead atoms. The lowest BCUT2D eigenvalue weighted by Gasteiger charge is -2.44. The number of anilines is 1. The number of carbonyl (C=O) groups excluding carboxylic acids is 2. The van der Waals surface area contributed by atoms with Gasteiger partial charge in [-0.25, -0.2) is 4.99 Å². The van der Waals surface area contributed by atoms with Gasteiger partial charge in [-0.3, -0.25) is 19.8 Å². The Kier molecular flexibility index (Phi) is 4.93. The molecule has 8 heteroatoms. The molecule has 1 saturated heterocycles. The molecule has 1 aromatic carbocycles. The van der Waals surface area contributed by atoms with Crippen molar-refractivity contribution in [3.63, 3.8) is 0 Å². The summed E-state index contributed by atoms with van der Waals surface area (Å²) in [5.74, 6) is -0.115. The molecule has 1 N–H and O–H groups in total. The average Bonchev–Trinajstić information content (AvgIpc) is 2.61. The van der Waals surface area contributed by atoms with E-state index in [2.05, 4.69) is 10.3 Å². The Bertz CT molecular complexity index is 752. The van der Waals surface area contributed by atoms with E-state index in [1.165, 1.54) is 0 Å². The van der Waals surface area contributed by atoms with Gasteiger partial charge in [0.25, 0.3) is 0 Å². The molecule has 1 fully saturated rings. The van der Waals surface area contributed by atoms with Crippen molar-refractivity contribution in [1.82, 2.24) is 10.2 Å². The number of aliphatic imine (C=N–C) groups is 1. The lowest BCUT2D eigenvalue weighted by atomic mass is 9.77. The van der Waals surface area contributed by atoms with Gasteiger partial charge in [-0.15, -0.1) is 0 Å². The zero-order chi connectivity index (χ0) is 18.2. The van der Waals surface area contributed by atoms with Crippen LogP contribution in [0.5, 0.6) is 0 Å². The highest BCUT2D eigenvalue weighted by molar-refractivity contribution is 6.42. The second-order valence-corrected chi connectivity index (χ2v) is 7.09. The fraction of sp³-hybridized carbons (Fsp3) is 0.471. The van der Waals surface area contributed by atoms with Gasteiger partial charge in [0, 0.05) is 5.69 Å². The molecule has 134 valence electrons. The third-order valence-corrected chi connectivity index (χ3v) is 5.56. The molecule has 0 spiro atoms. The quantitative estimate of drug-likeness (QED) is 0.812. The fourth-order valence-electron chi connectivity index (χ4n) is 3.35. The summed E-state index contributed by atoms with van der Waals surface area (Å²) < 4.78 is 0. The van der Waals surface area contributed by atoms with Crippen LogP contribution in [0.3, 0.4) is 0 Å². The molecule has 1 atom stereocenters. The van der Waals surface area contributed by atoms with Gasteiger partial charge < -0.3 is 4.90 Å². The van der Waals surface area contributed by atoms with E-state index in [0.717, 1.165) is 12.1 Å². The molecule has 1 unspecified atom stereocenters. The maximum absolute atomic E-state index is 13.1. The maximum Gasteiger partial charge on any atom is 0.246 e. The highest BCUT2D eigenvalue weighted by atomic mass is 35.5. The van der Waals surface area contributed by atoms with E-state index in [9.17, 15) is 9.59 Å². The van der Waals surface area contributed by atoms with Crippen molar-refractivity contribution >= 4 is 46.7 Å². The second kappa shape index (κ2) is 6.84. The molecule has 2 amide bonds. The van der Waals surface area contributed by atoms with Crippen molar-refractivity contribution in [2.45, 2.75) is 33.1 Å². The largest absolute Gasteiger partial charge is 0.334 e. The van der Waals surface area contributed by atoms with E-state index in [-0.39, 0.29) is 11.8 Å².